The van der Waals surface area contributed by atoms with Crippen LogP contribution in [0.25, 0.3) is 0 Å². The van der Waals surface area contributed by atoms with Gasteiger partial charge in [-0.25, -0.2) is 12.8 Å². The van der Waals surface area contributed by atoms with Gasteiger partial charge in [-0.15, -0.1) is 0 Å². The van der Waals surface area contributed by atoms with Gasteiger partial charge in [0.05, 0.1) is 11.9 Å². The van der Waals surface area contributed by atoms with Crippen molar-refractivity contribution in [3.8, 4) is 0 Å². The first-order chi connectivity index (χ1) is 16.9. The zero-order valence-electron chi connectivity index (χ0n) is 20.2. The highest BCUT2D eigenvalue weighted by Crippen LogP contribution is 2.27. The number of rotatable bonds is 9. The van der Waals surface area contributed by atoms with Gasteiger partial charge in [-0.3, -0.25) is 13.9 Å². The van der Waals surface area contributed by atoms with Gasteiger partial charge in [-0.2, -0.15) is 0 Å². The Labute approximate surface area is 221 Å². The van der Waals surface area contributed by atoms with Crippen LogP contribution in [-0.2, 0) is 26.2 Å². The van der Waals surface area contributed by atoms with Crippen molar-refractivity contribution >= 4 is 50.7 Å². The Bertz CT molecular complexity index is 1170. The fraction of sp³-hybridized carbons (Fsp3) is 0.440. The molecule has 1 unspecified atom stereocenters. The van der Waals surface area contributed by atoms with Crippen LogP contribution in [0, 0.1) is 5.82 Å². The number of anilines is 1. The molecule has 11 heteroatoms. The first-order valence-corrected chi connectivity index (χ1v) is 14.3. The quantitative estimate of drug-likeness (QED) is 0.481. The van der Waals surface area contributed by atoms with E-state index >= 15 is 0 Å². The van der Waals surface area contributed by atoms with E-state index in [9.17, 15) is 22.4 Å². The zero-order chi connectivity index (χ0) is 26.5. The summed E-state index contributed by atoms with van der Waals surface area (Å²) in [5, 5.41) is 3.44. The van der Waals surface area contributed by atoms with Gasteiger partial charge in [0.2, 0.25) is 21.8 Å². The van der Waals surface area contributed by atoms with E-state index in [1.165, 1.54) is 47.4 Å². The molecule has 0 aliphatic heterocycles. The van der Waals surface area contributed by atoms with Gasteiger partial charge in [0.15, 0.2) is 0 Å². The van der Waals surface area contributed by atoms with Crippen molar-refractivity contribution in [2.45, 2.75) is 57.7 Å². The number of nitrogens with zero attached hydrogens (tertiary/aromatic N) is 2. The van der Waals surface area contributed by atoms with Crippen molar-refractivity contribution in [2.75, 3.05) is 17.1 Å². The van der Waals surface area contributed by atoms with Crippen LogP contribution in [0.15, 0.2) is 42.5 Å². The predicted octanol–water partition coefficient (Wildman–Crippen LogP) is 4.76. The lowest BCUT2D eigenvalue weighted by Gasteiger charge is -2.33. The fourth-order valence-corrected chi connectivity index (χ4v) is 5.58. The normalized spacial score (nSPS) is 15.2. The molecule has 1 atom stereocenters. The molecular formula is C25H30Cl2FN3O4S. The highest BCUT2D eigenvalue weighted by Gasteiger charge is 2.31. The van der Waals surface area contributed by atoms with E-state index in [0.29, 0.717) is 5.56 Å². The van der Waals surface area contributed by atoms with Crippen LogP contribution < -0.4 is 9.62 Å². The van der Waals surface area contributed by atoms with E-state index in [0.717, 1.165) is 42.7 Å². The minimum Gasteiger partial charge on any atom is -0.352 e. The molecule has 1 aliphatic rings. The second-order valence-corrected chi connectivity index (χ2v) is 11.8. The van der Waals surface area contributed by atoms with Crippen LogP contribution in [0.1, 0.15) is 44.6 Å². The molecule has 2 amide bonds. The molecule has 2 aromatic carbocycles. The van der Waals surface area contributed by atoms with E-state index in [4.69, 9.17) is 23.2 Å². The topological polar surface area (TPSA) is 86.8 Å². The van der Waals surface area contributed by atoms with Gasteiger partial charge in [-0.1, -0.05) is 54.6 Å². The van der Waals surface area contributed by atoms with Gasteiger partial charge in [0.25, 0.3) is 0 Å². The van der Waals surface area contributed by atoms with Crippen molar-refractivity contribution in [3.05, 3.63) is 63.9 Å². The average Bonchev–Trinajstić information content (AvgIpc) is 2.80. The minimum absolute atomic E-state index is 0.00767. The highest BCUT2D eigenvalue weighted by atomic mass is 35.5. The molecule has 0 aromatic heterocycles. The Morgan fingerprint density at radius 2 is 1.64 bits per heavy atom. The van der Waals surface area contributed by atoms with Gasteiger partial charge in [0, 0.05) is 22.6 Å². The van der Waals surface area contributed by atoms with E-state index in [1.54, 1.807) is 6.92 Å². The lowest BCUT2D eigenvalue weighted by molar-refractivity contribution is -0.139. The molecule has 0 saturated heterocycles. The average molecular weight is 559 g/mol. The maximum atomic E-state index is 13.6. The second-order valence-electron chi connectivity index (χ2n) is 9.06. The van der Waals surface area contributed by atoms with Gasteiger partial charge >= 0.3 is 0 Å². The number of halogens is 3. The number of hydrogen-bond donors (Lipinski definition) is 1. The number of amides is 2. The zero-order valence-corrected chi connectivity index (χ0v) is 22.5. The molecule has 0 heterocycles. The summed E-state index contributed by atoms with van der Waals surface area (Å²) in [7, 11) is -3.91. The minimum atomic E-state index is -3.91. The van der Waals surface area contributed by atoms with Gasteiger partial charge in [-0.05, 0) is 55.7 Å². The summed E-state index contributed by atoms with van der Waals surface area (Å²) in [6, 6.07) is 8.96. The summed E-state index contributed by atoms with van der Waals surface area (Å²) in [6.07, 6.45) is 5.92. The molecule has 7 nitrogen and oxygen atoms in total. The third-order valence-electron chi connectivity index (χ3n) is 6.20. The van der Waals surface area contributed by atoms with Gasteiger partial charge < -0.3 is 10.2 Å². The number of hydrogen-bond acceptors (Lipinski definition) is 4. The number of carbonyl (C=O) groups is 2. The molecule has 1 aliphatic carbocycles. The van der Waals surface area contributed by atoms with E-state index < -0.39 is 34.3 Å². The monoisotopic (exact) mass is 557 g/mol. The summed E-state index contributed by atoms with van der Waals surface area (Å²) in [6.45, 7) is 1.02. The van der Waals surface area contributed by atoms with Crippen molar-refractivity contribution in [1.29, 1.82) is 0 Å². The van der Waals surface area contributed by atoms with Crippen LogP contribution >= 0.6 is 23.2 Å². The molecule has 196 valence electrons. The smallest absolute Gasteiger partial charge is 0.244 e. The van der Waals surface area contributed by atoms with Crippen molar-refractivity contribution in [1.82, 2.24) is 10.2 Å². The Balaban J connectivity index is 1.88. The summed E-state index contributed by atoms with van der Waals surface area (Å²) >= 11 is 12.1. The SMILES string of the molecule is CC(C(=O)NC1CCCCC1)N(Cc1ccc(F)cc1)C(=O)CN(c1cc(Cl)cc(Cl)c1)S(C)(=O)=O. The third-order valence-corrected chi connectivity index (χ3v) is 7.78. The first-order valence-electron chi connectivity index (χ1n) is 11.7. The summed E-state index contributed by atoms with van der Waals surface area (Å²) in [5.41, 5.74) is 0.725. The highest BCUT2D eigenvalue weighted by molar-refractivity contribution is 7.92. The molecular weight excluding hydrogens is 528 g/mol. The number of nitrogens with one attached hydrogen (secondary N) is 1. The van der Waals surface area contributed by atoms with Gasteiger partial charge in [0.1, 0.15) is 18.4 Å². The number of sulfonamides is 1. The second kappa shape index (κ2) is 12.3. The lowest BCUT2D eigenvalue weighted by atomic mass is 9.95. The van der Waals surface area contributed by atoms with Crippen LogP contribution in [0.5, 0.6) is 0 Å². The van der Waals surface area contributed by atoms with E-state index in [-0.39, 0.29) is 34.2 Å². The largest absolute Gasteiger partial charge is 0.352 e. The molecule has 3 rings (SSSR count). The van der Waals surface area contributed by atoms with Crippen molar-refractivity contribution in [3.63, 3.8) is 0 Å². The first kappa shape index (κ1) is 28.2. The fourth-order valence-electron chi connectivity index (χ4n) is 4.23. The summed E-state index contributed by atoms with van der Waals surface area (Å²) in [5.74, 6) is -1.36. The predicted molar refractivity (Wildman–Crippen MR) is 140 cm³/mol. The lowest BCUT2D eigenvalue weighted by Crippen LogP contribution is -2.52. The van der Waals surface area contributed by atoms with Crippen LogP contribution in [0.2, 0.25) is 10.0 Å². The molecule has 0 spiro atoms. The maximum absolute atomic E-state index is 13.6. The maximum Gasteiger partial charge on any atom is 0.244 e. The summed E-state index contributed by atoms with van der Waals surface area (Å²) in [4.78, 5) is 28.0. The molecule has 1 fully saturated rings. The Kier molecular flexibility index (Phi) is 9.60. The molecule has 0 bridgehead atoms. The standard InChI is InChI=1S/C25H30Cl2FN3O4S/c1-17(25(33)29-22-6-4-3-5-7-22)30(15-18-8-10-21(28)11-9-18)24(32)16-31(36(2,34)35)23-13-19(26)12-20(27)14-23/h8-14,17,22H,3-7,15-16H2,1-2H3,(H,29,33). The number of benzene rings is 2. The Hall–Kier alpha value is -2.36. The molecule has 2 aromatic rings. The van der Waals surface area contributed by atoms with E-state index in [2.05, 4.69) is 5.32 Å². The van der Waals surface area contributed by atoms with Crippen LogP contribution in [0.4, 0.5) is 10.1 Å². The molecule has 0 radical (unpaired) electrons. The molecule has 1 N–H and O–H groups in total. The Morgan fingerprint density at radius 1 is 1.06 bits per heavy atom. The van der Waals surface area contributed by atoms with Crippen molar-refractivity contribution in [2.24, 2.45) is 0 Å². The van der Waals surface area contributed by atoms with Crippen LogP contribution in [0.3, 0.4) is 0 Å². The molecule has 1 saturated carbocycles. The number of carbonyl (C=O) groups excluding carboxylic acids is 2. The Morgan fingerprint density at radius 3 is 2.19 bits per heavy atom. The van der Waals surface area contributed by atoms with E-state index in [1.807, 2.05) is 0 Å². The molecule has 36 heavy (non-hydrogen) atoms. The van der Waals surface area contributed by atoms with Crippen LogP contribution in [-0.4, -0.2) is 50.0 Å². The summed E-state index contributed by atoms with van der Waals surface area (Å²) < 4.78 is 39.6. The third kappa shape index (κ3) is 7.82. The van der Waals surface area contributed by atoms with Crippen molar-refractivity contribution < 1.29 is 22.4 Å².